The zero-order valence-corrected chi connectivity index (χ0v) is 10.2. The van der Waals surface area contributed by atoms with Crippen LogP contribution < -0.4 is 11.1 Å². The van der Waals surface area contributed by atoms with Crippen LogP contribution in [-0.2, 0) is 4.79 Å². The van der Waals surface area contributed by atoms with Crippen LogP contribution in [0.5, 0.6) is 0 Å². The van der Waals surface area contributed by atoms with Gasteiger partial charge in [0, 0.05) is 6.54 Å². The van der Waals surface area contributed by atoms with E-state index in [1.54, 1.807) is 0 Å². The Bertz CT molecular complexity index is 346. The molecular formula is C13H20N2O. The van der Waals surface area contributed by atoms with Gasteiger partial charge < -0.3 is 11.1 Å². The van der Waals surface area contributed by atoms with Gasteiger partial charge >= 0.3 is 0 Å². The fourth-order valence-electron chi connectivity index (χ4n) is 1.31. The fourth-order valence-corrected chi connectivity index (χ4v) is 1.31. The van der Waals surface area contributed by atoms with Gasteiger partial charge in [-0.1, -0.05) is 30.3 Å². The van der Waals surface area contributed by atoms with Crippen molar-refractivity contribution < 1.29 is 4.79 Å². The number of hydrogen-bond donors (Lipinski definition) is 2. The molecule has 0 fully saturated rings. The lowest BCUT2D eigenvalue weighted by Gasteiger charge is -2.24. The van der Waals surface area contributed by atoms with E-state index in [1.165, 1.54) is 0 Å². The lowest BCUT2D eigenvalue weighted by Crippen LogP contribution is -2.42. The summed E-state index contributed by atoms with van der Waals surface area (Å²) in [6.45, 7) is 6.01. The van der Waals surface area contributed by atoms with E-state index in [0.29, 0.717) is 6.54 Å². The number of rotatable bonds is 4. The summed E-state index contributed by atoms with van der Waals surface area (Å²) in [7, 11) is 0. The maximum atomic E-state index is 11.9. The highest BCUT2D eigenvalue weighted by Gasteiger charge is 2.26. The van der Waals surface area contributed by atoms with Crippen molar-refractivity contribution in [3.05, 3.63) is 35.9 Å². The van der Waals surface area contributed by atoms with Crippen molar-refractivity contribution in [3.63, 3.8) is 0 Å². The van der Waals surface area contributed by atoms with Crippen LogP contribution in [0.4, 0.5) is 0 Å². The zero-order valence-electron chi connectivity index (χ0n) is 10.2. The molecule has 0 saturated heterocycles. The van der Waals surface area contributed by atoms with Crippen LogP contribution in [0.1, 0.15) is 32.4 Å². The summed E-state index contributed by atoms with van der Waals surface area (Å²) in [6, 6.07) is 9.90. The summed E-state index contributed by atoms with van der Waals surface area (Å²) < 4.78 is 0. The minimum atomic E-state index is -0.511. The van der Waals surface area contributed by atoms with Crippen molar-refractivity contribution in [2.75, 3.05) is 6.54 Å². The molecule has 3 N–H and O–H groups in total. The van der Waals surface area contributed by atoms with E-state index in [4.69, 9.17) is 5.73 Å². The quantitative estimate of drug-likeness (QED) is 0.813. The number of carbonyl (C=O) groups excluding carboxylic acids is 1. The van der Waals surface area contributed by atoms with E-state index >= 15 is 0 Å². The van der Waals surface area contributed by atoms with Crippen molar-refractivity contribution in [3.8, 4) is 0 Å². The molecule has 0 aliphatic carbocycles. The van der Waals surface area contributed by atoms with Crippen molar-refractivity contribution in [1.29, 1.82) is 0 Å². The van der Waals surface area contributed by atoms with Crippen molar-refractivity contribution >= 4 is 5.91 Å². The highest BCUT2D eigenvalue weighted by Crippen LogP contribution is 2.17. The van der Waals surface area contributed by atoms with Gasteiger partial charge in [0.05, 0.1) is 11.5 Å². The molecule has 3 nitrogen and oxygen atoms in total. The standard InChI is InChI=1S/C13H20N2O/c1-10(11-7-5-4-6-8-11)15-12(16)13(2,3)9-14/h4-8,10H,9,14H2,1-3H3,(H,15,16)/t10-/m1/s1. The van der Waals surface area contributed by atoms with E-state index in [1.807, 2.05) is 51.1 Å². The van der Waals surface area contributed by atoms with Crippen molar-refractivity contribution in [1.82, 2.24) is 5.32 Å². The normalized spacial score (nSPS) is 13.2. The summed E-state index contributed by atoms with van der Waals surface area (Å²) in [6.07, 6.45) is 0. The minimum Gasteiger partial charge on any atom is -0.349 e. The van der Waals surface area contributed by atoms with Gasteiger partial charge in [-0.2, -0.15) is 0 Å². The Balaban J connectivity index is 2.66. The highest BCUT2D eigenvalue weighted by molar-refractivity contribution is 5.82. The van der Waals surface area contributed by atoms with Crippen LogP contribution in [0.25, 0.3) is 0 Å². The van der Waals surface area contributed by atoms with Crippen LogP contribution in [0, 0.1) is 5.41 Å². The first-order valence-electron chi connectivity index (χ1n) is 5.53. The minimum absolute atomic E-state index is 0.00801. The molecule has 0 heterocycles. The van der Waals surface area contributed by atoms with Gasteiger partial charge in [0.2, 0.25) is 5.91 Å². The van der Waals surface area contributed by atoms with Crippen LogP contribution in [-0.4, -0.2) is 12.5 Å². The third-order valence-corrected chi connectivity index (χ3v) is 2.77. The summed E-state index contributed by atoms with van der Waals surface area (Å²) >= 11 is 0. The Morgan fingerprint density at radius 2 is 1.94 bits per heavy atom. The Kier molecular flexibility index (Phi) is 4.07. The summed E-state index contributed by atoms with van der Waals surface area (Å²) in [5.41, 5.74) is 6.15. The summed E-state index contributed by atoms with van der Waals surface area (Å²) in [5.74, 6) is -0.00801. The van der Waals surface area contributed by atoms with E-state index < -0.39 is 5.41 Å². The SMILES string of the molecule is C[C@@H](NC(=O)C(C)(C)CN)c1ccccc1. The largest absolute Gasteiger partial charge is 0.349 e. The van der Waals surface area contributed by atoms with Gasteiger partial charge in [-0.3, -0.25) is 4.79 Å². The lowest BCUT2D eigenvalue weighted by atomic mass is 9.92. The number of nitrogens with two attached hydrogens (primary N) is 1. The third-order valence-electron chi connectivity index (χ3n) is 2.77. The van der Waals surface area contributed by atoms with E-state index in [2.05, 4.69) is 5.32 Å². The van der Waals surface area contributed by atoms with E-state index in [-0.39, 0.29) is 11.9 Å². The summed E-state index contributed by atoms with van der Waals surface area (Å²) in [4.78, 5) is 11.9. The first kappa shape index (κ1) is 12.7. The molecule has 0 saturated carbocycles. The predicted octanol–water partition coefficient (Wildman–Crippen LogP) is 1.85. The average Bonchev–Trinajstić information content (AvgIpc) is 2.30. The Morgan fingerprint density at radius 1 is 1.38 bits per heavy atom. The third kappa shape index (κ3) is 3.07. The molecule has 0 aromatic heterocycles. The lowest BCUT2D eigenvalue weighted by molar-refractivity contribution is -0.129. The zero-order chi connectivity index (χ0) is 12.2. The first-order valence-corrected chi connectivity index (χ1v) is 5.53. The Hall–Kier alpha value is -1.35. The van der Waals surface area contributed by atoms with Gasteiger partial charge in [0.1, 0.15) is 0 Å². The second-order valence-electron chi connectivity index (χ2n) is 4.69. The number of hydrogen-bond acceptors (Lipinski definition) is 2. The Morgan fingerprint density at radius 3 is 2.44 bits per heavy atom. The molecule has 1 aromatic carbocycles. The molecule has 0 radical (unpaired) electrons. The molecule has 1 rings (SSSR count). The van der Waals surface area contributed by atoms with Crippen LogP contribution >= 0.6 is 0 Å². The van der Waals surface area contributed by atoms with Gasteiger partial charge in [0.25, 0.3) is 0 Å². The van der Waals surface area contributed by atoms with Gasteiger partial charge in [-0.25, -0.2) is 0 Å². The second kappa shape index (κ2) is 5.12. The topological polar surface area (TPSA) is 55.1 Å². The molecule has 1 atom stereocenters. The van der Waals surface area contributed by atoms with Crippen LogP contribution in [0.2, 0.25) is 0 Å². The molecule has 1 aromatic rings. The smallest absolute Gasteiger partial charge is 0.227 e. The first-order chi connectivity index (χ1) is 7.47. The molecule has 0 unspecified atom stereocenters. The second-order valence-corrected chi connectivity index (χ2v) is 4.69. The van der Waals surface area contributed by atoms with Gasteiger partial charge in [-0.15, -0.1) is 0 Å². The number of carbonyl (C=O) groups is 1. The average molecular weight is 220 g/mol. The maximum Gasteiger partial charge on any atom is 0.227 e. The number of nitrogens with one attached hydrogen (secondary N) is 1. The van der Waals surface area contributed by atoms with Crippen molar-refractivity contribution in [2.24, 2.45) is 11.1 Å². The summed E-state index contributed by atoms with van der Waals surface area (Å²) in [5, 5.41) is 2.97. The molecular weight excluding hydrogens is 200 g/mol. The predicted molar refractivity (Wildman–Crippen MR) is 65.8 cm³/mol. The molecule has 16 heavy (non-hydrogen) atoms. The number of benzene rings is 1. The fraction of sp³-hybridized carbons (Fsp3) is 0.462. The molecule has 0 spiro atoms. The highest BCUT2D eigenvalue weighted by atomic mass is 16.2. The molecule has 88 valence electrons. The molecule has 0 aliphatic rings. The van der Waals surface area contributed by atoms with Crippen LogP contribution in [0.15, 0.2) is 30.3 Å². The van der Waals surface area contributed by atoms with Gasteiger partial charge in [0.15, 0.2) is 0 Å². The molecule has 1 amide bonds. The monoisotopic (exact) mass is 220 g/mol. The van der Waals surface area contributed by atoms with Gasteiger partial charge in [-0.05, 0) is 26.3 Å². The van der Waals surface area contributed by atoms with E-state index in [0.717, 1.165) is 5.56 Å². The molecule has 0 bridgehead atoms. The van der Waals surface area contributed by atoms with Crippen LogP contribution in [0.3, 0.4) is 0 Å². The van der Waals surface area contributed by atoms with Crippen molar-refractivity contribution in [2.45, 2.75) is 26.8 Å². The maximum absolute atomic E-state index is 11.9. The van der Waals surface area contributed by atoms with E-state index in [9.17, 15) is 4.79 Å². The number of amides is 1. The molecule has 0 aliphatic heterocycles. The molecule has 3 heteroatoms. The Labute approximate surface area is 97.0 Å².